The zero-order valence-corrected chi connectivity index (χ0v) is 11.9. The van der Waals surface area contributed by atoms with Crippen LogP contribution < -0.4 is 5.32 Å². The molecule has 5 heteroatoms. The van der Waals surface area contributed by atoms with Crippen molar-refractivity contribution in [2.75, 3.05) is 32.8 Å². The van der Waals surface area contributed by atoms with Crippen LogP contribution in [0.15, 0.2) is 24.4 Å². The van der Waals surface area contributed by atoms with Crippen LogP contribution in [0, 0.1) is 0 Å². The fraction of sp³-hybridized carbons (Fsp3) is 0.533. The molecule has 1 aliphatic heterocycles. The summed E-state index contributed by atoms with van der Waals surface area (Å²) in [5.74, 6) is 0. The minimum atomic E-state index is 0.477. The van der Waals surface area contributed by atoms with Gasteiger partial charge >= 0.3 is 0 Å². The predicted octanol–water partition coefficient (Wildman–Crippen LogP) is 1.37. The number of aromatic nitrogens is 2. The molecule has 20 heavy (non-hydrogen) atoms. The average Bonchev–Trinajstić information content (AvgIpc) is 2.93. The molecule has 1 fully saturated rings. The first-order valence-corrected chi connectivity index (χ1v) is 7.27. The molecule has 2 heterocycles. The van der Waals surface area contributed by atoms with Crippen LogP contribution in [0.25, 0.3) is 10.9 Å². The highest BCUT2D eigenvalue weighted by Crippen LogP contribution is 2.12. The van der Waals surface area contributed by atoms with Crippen LogP contribution in [-0.4, -0.2) is 54.0 Å². The van der Waals surface area contributed by atoms with E-state index in [1.54, 1.807) is 0 Å². The molecule has 5 nitrogen and oxygen atoms in total. The molecule has 1 saturated heterocycles. The van der Waals surface area contributed by atoms with E-state index in [2.05, 4.69) is 45.5 Å². The van der Waals surface area contributed by atoms with E-state index in [1.807, 2.05) is 6.20 Å². The Kier molecular flexibility index (Phi) is 4.30. The van der Waals surface area contributed by atoms with Gasteiger partial charge in [0.2, 0.25) is 0 Å². The summed E-state index contributed by atoms with van der Waals surface area (Å²) in [6.45, 7) is 8.03. The molecule has 1 atom stereocenters. The lowest BCUT2D eigenvalue weighted by molar-refractivity contribution is 0.0343. The quantitative estimate of drug-likeness (QED) is 0.865. The lowest BCUT2D eigenvalue weighted by Gasteiger charge is -2.29. The first-order valence-electron chi connectivity index (χ1n) is 7.27. The Morgan fingerprint density at radius 1 is 1.40 bits per heavy atom. The van der Waals surface area contributed by atoms with Crippen LogP contribution in [-0.2, 0) is 11.3 Å². The second-order valence-electron chi connectivity index (χ2n) is 5.49. The minimum absolute atomic E-state index is 0.477. The van der Waals surface area contributed by atoms with Crippen molar-refractivity contribution in [2.45, 2.75) is 19.5 Å². The Labute approximate surface area is 119 Å². The van der Waals surface area contributed by atoms with Crippen molar-refractivity contribution < 1.29 is 4.74 Å². The molecule has 1 aromatic carbocycles. The van der Waals surface area contributed by atoms with Gasteiger partial charge in [0.15, 0.2) is 0 Å². The largest absolute Gasteiger partial charge is 0.379 e. The van der Waals surface area contributed by atoms with Crippen molar-refractivity contribution in [1.82, 2.24) is 20.4 Å². The fourth-order valence-electron chi connectivity index (χ4n) is 2.62. The lowest BCUT2D eigenvalue weighted by Crippen LogP contribution is -2.44. The molecule has 0 bridgehead atoms. The van der Waals surface area contributed by atoms with Gasteiger partial charge in [-0.05, 0) is 18.6 Å². The summed E-state index contributed by atoms with van der Waals surface area (Å²) >= 11 is 0. The van der Waals surface area contributed by atoms with Gasteiger partial charge in [-0.15, -0.1) is 0 Å². The smallest absolute Gasteiger partial charge is 0.0653 e. The Morgan fingerprint density at radius 3 is 3.10 bits per heavy atom. The number of hydrogen-bond donors (Lipinski definition) is 2. The minimum Gasteiger partial charge on any atom is -0.379 e. The van der Waals surface area contributed by atoms with E-state index in [0.717, 1.165) is 50.3 Å². The van der Waals surface area contributed by atoms with Crippen molar-refractivity contribution in [3.05, 3.63) is 30.0 Å². The van der Waals surface area contributed by atoms with Gasteiger partial charge in [-0.1, -0.05) is 12.1 Å². The van der Waals surface area contributed by atoms with Gasteiger partial charge in [0, 0.05) is 37.6 Å². The van der Waals surface area contributed by atoms with E-state index in [0.29, 0.717) is 6.04 Å². The molecule has 1 aliphatic rings. The number of aromatic amines is 1. The van der Waals surface area contributed by atoms with Gasteiger partial charge in [0.05, 0.1) is 24.9 Å². The van der Waals surface area contributed by atoms with Crippen molar-refractivity contribution >= 4 is 10.9 Å². The average molecular weight is 274 g/mol. The van der Waals surface area contributed by atoms with Gasteiger partial charge in [0.1, 0.15) is 0 Å². The monoisotopic (exact) mass is 274 g/mol. The Bertz CT molecular complexity index is 548. The van der Waals surface area contributed by atoms with E-state index < -0.39 is 0 Å². The summed E-state index contributed by atoms with van der Waals surface area (Å²) in [5.41, 5.74) is 2.39. The number of nitrogens with zero attached hydrogens (tertiary/aromatic N) is 2. The third-order valence-electron chi connectivity index (χ3n) is 3.80. The highest BCUT2D eigenvalue weighted by atomic mass is 16.5. The molecule has 3 rings (SSSR count). The third kappa shape index (κ3) is 3.36. The van der Waals surface area contributed by atoms with E-state index in [1.165, 1.54) is 5.56 Å². The van der Waals surface area contributed by atoms with Crippen molar-refractivity contribution in [1.29, 1.82) is 0 Å². The number of fused-ring (bicyclic) bond motifs is 1. The zero-order chi connectivity index (χ0) is 13.8. The van der Waals surface area contributed by atoms with Crippen molar-refractivity contribution in [3.63, 3.8) is 0 Å². The van der Waals surface area contributed by atoms with Crippen LogP contribution >= 0.6 is 0 Å². The van der Waals surface area contributed by atoms with Crippen molar-refractivity contribution in [2.24, 2.45) is 0 Å². The molecule has 2 N–H and O–H groups in total. The molecular weight excluding hydrogens is 252 g/mol. The number of morpholine rings is 1. The molecule has 0 spiro atoms. The first kappa shape index (κ1) is 13.5. The predicted molar refractivity (Wildman–Crippen MR) is 79.7 cm³/mol. The molecule has 108 valence electrons. The number of benzene rings is 1. The highest BCUT2D eigenvalue weighted by molar-refractivity contribution is 5.78. The fourth-order valence-corrected chi connectivity index (χ4v) is 2.62. The molecular formula is C15H22N4O. The maximum atomic E-state index is 5.37. The first-order chi connectivity index (χ1) is 9.81. The van der Waals surface area contributed by atoms with Gasteiger partial charge in [0.25, 0.3) is 0 Å². The zero-order valence-electron chi connectivity index (χ0n) is 11.9. The maximum absolute atomic E-state index is 5.37. The summed E-state index contributed by atoms with van der Waals surface area (Å²) in [6, 6.07) is 6.91. The number of H-pyrrole nitrogens is 1. The number of hydrogen-bond acceptors (Lipinski definition) is 4. The van der Waals surface area contributed by atoms with E-state index in [4.69, 9.17) is 4.74 Å². The summed E-state index contributed by atoms with van der Waals surface area (Å²) in [4.78, 5) is 2.46. The van der Waals surface area contributed by atoms with Crippen molar-refractivity contribution in [3.8, 4) is 0 Å². The number of ether oxygens (including phenoxy) is 1. The normalized spacial score (nSPS) is 18.4. The molecule has 0 saturated carbocycles. The lowest BCUT2D eigenvalue weighted by atomic mass is 10.1. The molecule has 0 amide bonds. The highest BCUT2D eigenvalue weighted by Gasteiger charge is 2.13. The van der Waals surface area contributed by atoms with Crippen LogP contribution in [0.1, 0.15) is 12.5 Å². The van der Waals surface area contributed by atoms with Crippen LogP contribution in [0.3, 0.4) is 0 Å². The van der Waals surface area contributed by atoms with Gasteiger partial charge in [-0.3, -0.25) is 10.00 Å². The molecule has 0 aliphatic carbocycles. The van der Waals surface area contributed by atoms with Gasteiger partial charge < -0.3 is 10.1 Å². The van der Waals surface area contributed by atoms with Gasteiger partial charge in [-0.25, -0.2) is 0 Å². The van der Waals surface area contributed by atoms with Gasteiger partial charge in [-0.2, -0.15) is 5.10 Å². The van der Waals surface area contributed by atoms with Crippen LogP contribution in [0.4, 0.5) is 0 Å². The van der Waals surface area contributed by atoms with Crippen LogP contribution in [0.5, 0.6) is 0 Å². The summed E-state index contributed by atoms with van der Waals surface area (Å²) < 4.78 is 5.37. The standard InChI is InChI=1S/C15H22N4O/c1-12(11-19-4-6-20-7-5-19)16-9-13-2-3-14-10-17-18-15(14)8-13/h2-3,8,10,12,16H,4-7,9,11H2,1H3,(H,17,18). The Morgan fingerprint density at radius 2 is 2.25 bits per heavy atom. The summed E-state index contributed by atoms with van der Waals surface area (Å²) in [6.07, 6.45) is 1.85. The van der Waals surface area contributed by atoms with E-state index in [-0.39, 0.29) is 0 Å². The topological polar surface area (TPSA) is 53.2 Å². The second kappa shape index (κ2) is 6.35. The summed E-state index contributed by atoms with van der Waals surface area (Å²) in [7, 11) is 0. The summed E-state index contributed by atoms with van der Waals surface area (Å²) in [5, 5.41) is 11.8. The maximum Gasteiger partial charge on any atom is 0.0653 e. The Hall–Kier alpha value is -1.43. The Balaban J connectivity index is 1.50. The molecule has 1 unspecified atom stereocenters. The van der Waals surface area contributed by atoms with Crippen LogP contribution in [0.2, 0.25) is 0 Å². The number of nitrogens with one attached hydrogen (secondary N) is 2. The SMILES string of the molecule is CC(CN1CCOCC1)NCc1ccc2cn[nH]c2c1. The van der Waals surface area contributed by atoms with E-state index in [9.17, 15) is 0 Å². The molecule has 1 aromatic heterocycles. The number of rotatable bonds is 5. The molecule has 2 aromatic rings. The molecule has 0 radical (unpaired) electrons. The second-order valence-corrected chi connectivity index (χ2v) is 5.49. The van der Waals surface area contributed by atoms with E-state index >= 15 is 0 Å². The third-order valence-corrected chi connectivity index (χ3v) is 3.80.